The summed E-state index contributed by atoms with van der Waals surface area (Å²) in [5, 5.41) is 3.34. The zero-order valence-corrected chi connectivity index (χ0v) is 12.0. The first-order valence-corrected chi connectivity index (χ1v) is 6.63. The second kappa shape index (κ2) is 6.01. The number of likely N-dealkylation sites (tertiary alicyclic amines) is 1. The molecule has 0 aromatic heterocycles. The van der Waals surface area contributed by atoms with E-state index < -0.39 is 24.7 Å². The average Bonchev–Trinajstić information content (AvgIpc) is 2.70. The van der Waals surface area contributed by atoms with Crippen LogP contribution in [0.1, 0.15) is 6.42 Å². The molecule has 1 amide bonds. The van der Waals surface area contributed by atoms with E-state index in [9.17, 15) is 18.0 Å². The van der Waals surface area contributed by atoms with E-state index in [0.717, 1.165) is 4.90 Å². The highest BCUT2D eigenvalue weighted by molar-refractivity contribution is 6.30. The Morgan fingerprint density at radius 3 is 2.81 bits per heavy atom. The summed E-state index contributed by atoms with van der Waals surface area (Å²) in [6.07, 6.45) is -4.09. The van der Waals surface area contributed by atoms with Gasteiger partial charge in [0, 0.05) is 11.6 Å². The van der Waals surface area contributed by atoms with Gasteiger partial charge in [0.15, 0.2) is 0 Å². The zero-order chi connectivity index (χ0) is 15.6. The number of nitrogens with zero attached hydrogens (tertiary/aromatic N) is 1. The lowest BCUT2D eigenvalue weighted by atomic mass is 10.2. The number of ether oxygens (including phenoxy) is 1. The van der Waals surface area contributed by atoms with Crippen LogP contribution in [-0.4, -0.2) is 43.2 Å². The van der Waals surface area contributed by atoms with Gasteiger partial charge < -0.3 is 15.0 Å². The van der Waals surface area contributed by atoms with E-state index in [4.69, 9.17) is 16.3 Å². The van der Waals surface area contributed by atoms with Gasteiger partial charge in [-0.15, -0.1) is 0 Å². The van der Waals surface area contributed by atoms with Crippen LogP contribution in [0.25, 0.3) is 0 Å². The third kappa shape index (κ3) is 3.93. The molecule has 2 rings (SSSR count). The molecule has 1 aromatic rings. The van der Waals surface area contributed by atoms with Gasteiger partial charge in [-0.05, 0) is 24.6 Å². The fraction of sp³-hybridized carbons (Fsp3) is 0.462. The van der Waals surface area contributed by atoms with Crippen LogP contribution in [0.2, 0.25) is 5.02 Å². The summed E-state index contributed by atoms with van der Waals surface area (Å²) < 4.78 is 42.2. The van der Waals surface area contributed by atoms with E-state index in [1.54, 1.807) is 18.2 Å². The molecule has 1 fully saturated rings. The van der Waals surface area contributed by atoms with Crippen LogP contribution in [0.4, 0.5) is 18.9 Å². The van der Waals surface area contributed by atoms with Gasteiger partial charge in [0.25, 0.3) is 0 Å². The minimum atomic E-state index is -4.39. The van der Waals surface area contributed by atoms with Crippen molar-refractivity contribution in [1.29, 1.82) is 0 Å². The number of amides is 1. The summed E-state index contributed by atoms with van der Waals surface area (Å²) >= 11 is 5.87. The Bertz CT molecular complexity index is 537. The van der Waals surface area contributed by atoms with Crippen LogP contribution in [0.5, 0.6) is 5.75 Å². The highest BCUT2D eigenvalue weighted by Crippen LogP contribution is 2.30. The van der Waals surface area contributed by atoms with Crippen molar-refractivity contribution >= 4 is 23.2 Å². The second-order valence-electron chi connectivity index (χ2n) is 4.71. The maximum absolute atomic E-state index is 12.4. The number of alkyl halides is 3. The molecule has 0 spiro atoms. The molecule has 0 unspecified atom stereocenters. The summed E-state index contributed by atoms with van der Waals surface area (Å²) in [4.78, 5) is 12.8. The Hall–Kier alpha value is -1.63. The first kappa shape index (κ1) is 15.8. The predicted molar refractivity (Wildman–Crippen MR) is 72.7 cm³/mol. The fourth-order valence-corrected chi connectivity index (χ4v) is 2.40. The number of hydrogen-bond donors (Lipinski definition) is 1. The summed E-state index contributed by atoms with van der Waals surface area (Å²) in [7, 11) is 1.46. The molecule has 1 atom stereocenters. The first-order valence-electron chi connectivity index (χ1n) is 6.26. The number of rotatable bonds is 4. The normalized spacial score (nSPS) is 19.0. The molecular formula is C13H14ClF3N2O2. The SMILES string of the molecule is COc1ccc(Cl)cc1N[C@H]1CCN(CC(F)(F)F)C1=O. The molecule has 1 saturated heterocycles. The maximum Gasteiger partial charge on any atom is 0.406 e. The number of benzene rings is 1. The molecule has 0 radical (unpaired) electrons. The third-order valence-electron chi connectivity index (χ3n) is 3.16. The lowest BCUT2D eigenvalue weighted by molar-refractivity contribution is -0.157. The van der Waals surface area contributed by atoms with Gasteiger partial charge in [-0.3, -0.25) is 4.79 Å². The van der Waals surface area contributed by atoms with E-state index >= 15 is 0 Å². The van der Waals surface area contributed by atoms with E-state index in [1.807, 2.05) is 0 Å². The second-order valence-corrected chi connectivity index (χ2v) is 5.14. The molecule has 0 aliphatic carbocycles. The van der Waals surface area contributed by atoms with Crippen molar-refractivity contribution in [2.75, 3.05) is 25.5 Å². The highest BCUT2D eigenvalue weighted by atomic mass is 35.5. The number of anilines is 1. The van der Waals surface area contributed by atoms with Crippen molar-refractivity contribution < 1.29 is 22.7 Å². The van der Waals surface area contributed by atoms with Gasteiger partial charge in [-0.2, -0.15) is 13.2 Å². The van der Waals surface area contributed by atoms with Crippen molar-refractivity contribution in [2.24, 2.45) is 0 Å². The van der Waals surface area contributed by atoms with Gasteiger partial charge in [0.05, 0.1) is 12.8 Å². The Morgan fingerprint density at radius 1 is 1.48 bits per heavy atom. The zero-order valence-electron chi connectivity index (χ0n) is 11.2. The number of halogens is 4. The van der Waals surface area contributed by atoms with E-state index in [1.165, 1.54) is 7.11 Å². The van der Waals surface area contributed by atoms with E-state index in [0.29, 0.717) is 22.9 Å². The number of carbonyl (C=O) groups is 1. The number of methoxy groups -OCH3 is 1. The minimum Gasteiger partial charge on any atom is -0.495 e. The van der Waals surface area contributed by atoms with Gasteiger partial charge in [-0.1, -0.05) is 11.6 Å². The Morgan fingerprint density at radius 2 is 2.19 bits per heavy atom. The van der Waals surface area contributed by atoms with Gasteiger partial charge in [-0.25, -0.2) is 0 Å². The Kier molecular flexibility index (Phi) is 4.51. The third-order valence-corrected chi connectivity index (χ3v) is 3.39. The first-order chi connectivity index (χ1) is 9.80. The molecule has 0 saturated carbocycles. The standard InChI is InChI=1S/C13H14ClF3N2O2/c1-21-11-3-2-8(14)6-10(11)18-9-4-5-19(12(9)20)7-13(15,16)17/h2-3,6,9,18H,4-5,7H2,1H3/t9-/m0/s1. The fourth-order valence-electron chi connectivity index (χ4n) is 2.23. The Labute approximate surface area is 124 Å². The lowest BCUT2D eigenvalue weighted by Gasteiger charge is -2.19. The molecule has 1 aliphatic heterocycles. The van der Waals surface area contributed by atoms with Crippen LogP contribution >= 0.6 is 11.6 Å². The van der Waals surface area contributed by atoms with Crippen molar-refractivity contribution in [3.05, 3.63) is 23.2 Å². The maximum atomic E-state index is 12.4. The number of hydrogen-bond acceptors (Lipinski definition) is 3. The molecule has 21 heavy (non-hydrogen) atoms. The molecule has 1 aromatic carbocycles. The molecule has 8 heteroatoms. The summed E-state index contributed by atoms with van der Waals surface area (Å²) in [5.74, 6) is -0.101. The predicted octanol–water partition coefficient (Wildman–Crippen LogP) is 2.92. The van der Waals surface area contributed by atoms with Crippen LogP contribution in [0.3, 0.4) is 0 Å². The summed E-state index contributed by atoms with van der Waals surface area (Å²) in [6.45, 7) is -1.16. The smallest absolute Gasteiger partial charge is 0.406 e. The van der Waals surface area contributed by atoms with Gasteiger partial charge in [0.2, 0.25) is 5.91 Å². The van der Waals surface area contributed by atoms with Gasteiger partial charge in [0.1, 0.15) is 18.3 Å². The highest BCUT2D eigenvalue weighted by Gasteiger charge is 2.39. The van der Waals surface area contributed by atoms with Crippen LogP contribution in [-0.2, 0) is 4.79 Å². The molecule has 116 valence electrons. The quantitative estimate of drug-likeness (QED) is 0.926. The summed E-state index contributed by atoms with van der Waals surface area (Å²) in [6, 6.07) is 4.11. The number of carbonyl (C=O) groups excluding carboxylic acids is 1. The van der Waals surface area contributed by atoms with Crippen molar-refractivity contribution in [3.63, 3.8) is 0 Å². The minimum absolute atomic E-state index is 0.0683. The number of nitrogens with one attached hydrogen (secondary N) is 1. The topological polar surface area (TPSA) is 41.6 Å². The van der Waals surface area contributed by atoms with Crippen molar-refractivity contribution in [3.8, 4) is 5.75 Å². The van der Waals surface area contributed by atoms with Crippen molar-refractivity contribution in [2.45, 2.75) is 18.6 Å². The molecule has 1 aliphatic rings. The largest absolute Gasteiger partial charge is 0.495 e. The molecule has 1 N–H and O–H groups in total. The van der Waals surface area contributed by atoms with Crippen LogP contribution in [0, 0.1) is 0 Å². The van der Waals surface area contributed by atoms with E-state index in [2.05, 4.69) is 5.32 Å². The van der Waals surface area contributed by atoms with Crippen LogP contribution in [0.15, 0.2) is 18.2 Å². The lowest BCUT2D eigenvalue weighted by Crippen LogP contribution is -2.39. The molecule has 1 heterocycles. The average molecular weight is 323 g/mol. The summed E-state index contributed by atoms with van der Waals surface area (Å²) in [5.41, 5.74) is 0.484. The molecular weight excluding hydrogens is 309 g/mol. The van der Waals surface area contributed by atoms with Crippen molar-refractivity contribution in [1.82, 2.24) is 4.90 Å². The molecule has 4 nitrogen and oxygen atoms in total. The monoisotopic (exact) mass is 322 g/mol. The Balaban J connectivity index is 2.08. The molecule has 0 bridgehead atoms. The van der Waals surface area contributed by atoms with Crippen LogP contribution < -0.4 is 10.1 Å². The van der Waals surface area contributed by atoms with E-state index in [-0.39, 0.29) is 6.54 Å². The van der Waals surface area contributed by atoms with Gasteiger partial charge >= 0.3 is 6.18 Å².